The predicted octanol–water partition coefficient (Wildman–Crippen LogP) is 0.489. The first-order chi connectivity index (χ1) is 7.11. The lowest BCUT2D eigenvalue weighted by Crippen LogP contribution is -2.45. The Morgan fingerprint density at radius 1 is 1.47 bits per heavy atom. The van der Waals surface area contributed by atoms with Crippen LogP contribution in [0.15, 0.2) is 0 Å². The Morgan fingerprint density at radius 3 is 2.80 bits per heavy atom. The highest BCUT2D eigenvalue weighted by Crippen LogP contribution is 2.17. The number of nitrogens with zero attached hydrogens (tertiary/aromatic N) is 1. The van der Waals surface area contributed by atoms with Gasteiger partial charge in [-0.1, -0.05) is 0 Å². The lowest BCUT2D eigenvalue weighted by Gasteiger charge is -2.34. The minimum Gasteiger partial charge on any atom is -0.480 e. The Kier molecular flexibility index (Phi) is 4.55. The quantitative estimate of drug-likeness (QED) is 0.741. The third-order valence-electron chi connectivity index (χ3n) is 2.57. The SMILES string of the molecule is CC(=O)N1CCCC[C@H]1COCC(=O)O. The van der Waals surface area contributed by atoms with Gasteiger partial charge in [-0.05, 0) is 19.3 Å². The maximum Gasteiger partial charge on any atom is 0.329 e. The molecule has 0 aliphatic carbocycles. The Hall–Kier alpha value is -1.10. The Bertz CT molecular complexity index is 242. The molecule has 1 heterocycles. The van der Waals surface area contributed by atoms with Crippen LogP contribution in [0.2, 0.25) is 0 Å². The number of carbonyl (C=O) groups is 2. The second kappa shape index (κ2) is 5.70. The highest BCUT2D eigenvalue weighted by molar-refractivity contribution is 5.73. The van der Waals surface area contributed by atoms with E-state index in [4.69, 9.17) is 9.84 Å². The number of hydrogen-bond acceptors (Lipinski definition) is 3. The molecule has 0 aromatic rings. The fourth-order valence-electron chi connectivity index (χ4n) is 1.87. The maximum absolute atomic E-state index is 11.3. The van der Waals surface area contributed by atoms with E-state index in [1.165, 1.54) is 6.92 Å². The summed E-state index contributed by atoms with van der Waals surface area (Å²) >= 11 is 0. The van der Waals surface area contributed by atoms with E-state index in [2.05, 4.69) is 0 Å². The smallest absolute Gasteiger partial charge is 0.329 e. The lowest BCUT2D eigenvalue weighted by atomic mass is 10.0. The average molecular weight is 215 g/mol. The molecular weight excluding hydrogens is 198 g/mol. The number of carboxylic acids is 1. The molecule has 1 aliphatic rings. The first-order valence-corrected chi connectivity index (χ1v) is 5.18. The highest BCUT2D eigenvalue weighted by Gasteiger charge is 2.24. The summed E-state index contributed by atoms with van der Waals surface area (Å²) in [5.74, 6) is -0.932. The van der Waals surface area contributed by atoms with Gasteiger partial charge < -0.3 is 14.7 Å². The van der Waals surface area contributed by atoms with Gasteiger partial charge in [0.05, 0.1) is 12.6 Å². The van der Waals surface area contributed by atoms with Gasteiger partial charge in [-0.15, -0.1) is 0 Å². The zero-order valence-corrected chi connectivity index (χ0v) is 8.94. The largest absolute Gasteiger partial charge is 0.480 e. The molecule has 0 radical (unpaired) electrons. The highest BCUT2D eigenvalue weighted by atomic mass is 16.5. The molecule has 0 aromatic carbocycles. The number of piperidine rings is 1. The van der Waals surface area contributed by atoms with Crippen LogP contribution in [-0.2, 0) is 14.3 Å². The molecule has 0 unspecified atom stereocenters. The molecule has 0 bridgehead atoms. The average Bonchev–Trinajstić information content (AvgIpc) is 2.17. The van der Waals surface area contributed by atoms with E-state index in [0.29, 0.717) is 6.61 Å². The molecule has 5 nitrogen and oxygen atoms in total. The van der Waals surface area contributed by atoms with Crippen molar-refractivity contribution in [1.29, 1.82) is 0 Å². The molecule has 1 N–H and O–H groups in total. The van der Waals surface area contributed by atoms with E-state index >= 15 is 0 Å². The first kappa shape index (κ1) is 12.0. The number of carboxylic acid groups (broad SMARTS) is 1. The van der Waals surface area contributed by atoms with E-state index in [1.54, 1.807) is 4.90 Å². The van der Waals surface area contributed by atoms with Gasteiger partial charge in [0.25, 0.3) is 0 Å². The first-order valence-electron chi connectivity index (χ1n) is 5.18. The maximum atomic E-state index is 11.3. The number of amides is 1. The van der Waals surface area contributed by atoms with Crippen LogP contribution in [0.1, 0.15) is 26.2 Å². The Labute approximate surface area is 89.0 Å². The van der Waals surface area contributed by atoms with Crippen LogP contribution in [0.3, 0.4) is 0 Å². The van der Waals surface area contributed by atoms with Crippen LogP contribution >= 0.6 is 0 Å². The summed E-state index contributed by atoms with van der Waals surface area (Å²) in [5, 5.41) is 8.41. The zero-order chi connectivity index (χ0) is 11.3. The van der Waals surface area contributed by atoms with Crippen molar-refractivity contribution < 1.29 is 19.4 Å². The van der Waals surface area contributed by atoms with Crippen LogP contribution in [0.25, 0.3) is 0 Å². The minimum atomic E-state index is -0.972. The molecule has 86 valence electrons. The summed E-state index contributed by atoms with van der Waals surface area (Å²) in [7, 11) is 0. The van der Waals surface area contributed by atoms with Crippen molar-refractivity contribution in [3.8, 4) is 0 Å². The van der Waals surface area contributed by atoms with Gasteiger partial charge in [0, 0.05) is 13.5 Å². The lowest BCUT2D eigenvalue weighted by molar-refractivity contribution is -0.143. The molecular formula is C10H17NO4. The summed E-state index contributed by atoms with van der Waals surface area (Å²) in [6, 6.07) is 0.0515. The van der Waals surface area contributed by atoms with E-state index in [9.17, 15) is 9.59 Å². The van der Waals surface area contributed by atoms with E-state index in [-0.39, 0.29) is 18.6 Å². The standard InChI is InChI=1S/C10H17NO4/c1-8(12)11-5-3-2-4-9(11)6-15-7-10(13)14/h9H,2-7H2,1H3,(H,13,14)/t9-/m0/s1. The van der Waals surface area contributed by atoms with Crippen LogP contribution in [0.5, 0.6) is 0 Å². The fraction of sp³-hybridized carbons (Fsp3) is 0.800. The fourth-order valence-corrected chi connectivity index (χ4v) is 1.87. The van der Waals surface area contributed by atoms with E-state index in [0.717, 1.165) is 25.8 Å². The molecule has 0 spiro atoms. The van der Waals surface area contributed by atoms with E-state index in [1.807, 2.05) is 0 Å². The summed E-state index contributed by atoms with van der Waals surface area (Å²) in [5.41, 5.74) is 0. The second-order valence-electron chi connectivity index (χ2n) is 3.77. The van der Waals surface area contributed by atoms with Crippen molar-refractivity contribution in [2.24, 2.45) is 0 Å². The Balaban J connectivity index is 2.36. The van der Waals surface area contributed by atoms with Crippen molar-refractivity contribution in [3.63, 3.8) is 0 Å². The van der Waals surface area contributed by atoms with Gasteiger partial charge in [0.1, 0.15) is 6.61 Å². The molecule has 1 amide bonds. The van der Waals surface area contributed by atoms with Gasteiger partial charge >= 0.3 is 5.97 Å². The summed E-state index contributed by atoms with van der Waals surface area (Å²) in [6.45, 7) is 2.33. The summed E-state index contributed by atoms with van der Waals surface area (Å²) in [6.07, 6.45) is 3.00. The normalized spacial score (nSPS) is 21.4. The number of aliphatic carboxylic acids is 1. The third-order valence-corrected chi connectivity index (χ3v) is 2.57. The molecule has 1 atom stereocenters. The number of ether oxygens (including phenoxy) is 1. The number of likely N-dealkylation sites (tertiary alicyclic amines) is 1. The number of rotatable bonds is 4. The molecule has 1 fully saturated rings. The van der Waals surface area contributed by atoms with E-state index < -0.39 is 5.97 Å². The van der Waals surface area contributed by atoms with Crippen molar-refractivity contribution in [3.05, 3.63) is 0 Å². The van der Waals surface area contributed by atoms with Crippen molar-refractivity contribution in [1.82, 2.24) is 4.90 Å². The minimum absolute atomic E-state index is 0.0404. The zero-order valence-electron chi connectivity index (χ0n) is 8.94. The van der Waals surface area contributed by atoms with Gasteiger partial charge in [0.2, 0.25) is 5.91 Å². The van der Waals surface area contributed by atoms with Gasteiger partial charge in [-0.25, -0.2) is 4.79 Å². The molecule has 0 saturated carbocycles. The molecule has 0 aromatic heterocycles. The van der Waals surface area contributed by atoms with Gasteiger partial charge in [-0.3, -0.25) is 4.79 Å². The van der Waals surface area contributed by atoms with Crippen molar-refractivity contribution >= 4 is 11.9 Å². The van der Waals surface area contributed by atoms with Crippen LogP contribution in [-0.4, -0.2) is 47.7 Å². The number of hydrogen-bond donors (Lipinski definition) is 1. The molecule has 15 heavy (non-hydrogen) atoms. The van der Waals surface area contributed by atoms with Crippen LogP contribution in [0, 0.1) is 0 Å². The van der Waals surface area contributed by atoms with Crippen molar-refractivity contribution in [2.75, 3.05) is 19.8 Å². The number of carbonyl (C=O) groups excluding carboxylic acids is 1. The summed E-state index contributed by atoms with van der Waals surface area (Å²) < 4.78 is 5.02. The molecule has 1 rings (SSSR count). The monoisotopic (exact) mass is 215 g/mol. The molecule has 5 heteroatoms. The van der Waals surface area contributed by atoms with Gasteiger partial charge in [0.15, 0.2) is 0 Å². The third kappa shape index (κ3) is 3.87. The topological polar surface area (TPSA) is 66.8 Å². The molecule has 1 aliphatic heterocycles. The summed E-state index contributed by atoms with van der Waals surface area (Å²) in [4.78, 5) is 23.3. The van der Waals surface area contributed by atoms with Crippen LogP contribution in [0.4, 0.5) is 0 Å². The molecule has 1 saturated heterocycles. The predicted molar refractivity (Wildman–Crippen MR) is 53.5 cm³/mol. The van der Waals surface area contributed by atoms with Crippen molar-refractivity contribution in [2.45, 2.75) is 32.2 Å². The Morgan fingerprint density at radius 2 is 2.20 bits per heavy atom. The second-order valence-corrected chi connectivity index (χ2v) is 3.77. The van der Waals surface area contributed by atoms with Crippen LogP contribution < -0.4 is 0 Å². The van der Waals surface area contributed by atoms with Gasteiger partial charge in [-0.2, -0.15) is 0 Å².